The summed E-state index contributed by atoms with van der Waals surface area (Å²) in [5, 5.41) is 11.9. The quantitative estimate of drug-likeness (QED) is 0.659. The first kappa shape index (κ1) is 19.3. The van der Waals surface area contributed by atoms with Crippen LogP contribution in [0.5, 0.6) is 11.5 Å². The molecule has 0 saturated carbocycles. The van der Waals surface area contributed by atoms with Gasteiger partial charge in [-0.25, -0.2) is 0 Å². The number of benzene rings is 1. The summed E-state index contributed by atoms with van der Waals surface area (Å²) >= 11 is 3.37. The lowest BCUT2D eigenvalue weighted by Crippen LogP contribution is -2.30. The lowest BCUT2D eigenvalue weighted by atomic mass is 9.97. The van der Waals surface area contributed by atoms with Crippen LogP contribution in [0.3, 0.4) is 0 Å². The minimum Gasteiger partial charge on any atom is -0.490 e. The van der Waals surface area contributed by atoms with Crippen molar-refractivity contribution in [2.24, 2.45) is 0 Å². The van der Waals surface area contributed by atoms with E-state index in [1.54, 1.807) is 12.1 Å². The lowest BCUT2D eigenvalue weighted by Gasteiger charge is -2.15. The first-order chi connectivity index (χ1) is 12.1. The van der Waals surface area contributed by atoms with E-state index in [0.717, 1.165) is 19.3 Å². The molecule has 0 saturated heterocycles. The summed E-state index contributed by atoms with van der Waals surface area (Å²) in [5.41, 5.74) is 1.90. The third-order valence-electron chi connectivity index (χ3n) is 3.94. The minimum absolute atomic E-state index is 0.0936. The van der Waals surface area contributed by atoms with Crippen LogP contribution in [0.15, 0.2) is 28.3 Å². The molecular formula is C19H23BrN2O3. The third-order valence-corrected chi connectivity index (χ3v) is 4.53. The number of hydrogen-bond acceptors (Lipinski definition) is 4. The first-order valence-electron chi connectivity index (χ1n) is 8.58. The van der Waals surface area contributed by atoms with E-state index in [9.17, 15) is 4.79 Å². The fraction of sp³-hybridized carbons (Fsp3) is 0.474. The van der Waals surface area contributed by atoms with Crippen LogP contribution in [0, 0.1) is 11.3 Å². The Morgan fingerprint density at radius 1 is 1.36 bits per heavy atom. The molecule has 0 fully saturated rings. The van der Waals surface area contributed by atoms with Crippen LogP contribution in [0.25, 0.3) is 0 Å². The van der Waals surface area contributed by atoms with Crippen molar-refractivity contribution in [3.05, 3.63) is 33.8 Å². The number of amides is 1. The zero-order valence-electron chi connectivity index (χ0n) is 14.4. The van der Waals surface area contributed by atoms with Gasteiger partial charge in [-0.2, -0.15) is 5.26 Å². The smallest absolute Gasteiger partial charge is 0.257 e. The zero-order chi connectivity index (χ0) is 18.1. The Bertz CT molecular complexity index is 680. The third kappa shape index (κ3) is 6.09. The van der Waals surface area contributed by atoms with Gasteiger partial charge in [0, 0.05) is 12.6 Å². The van der Waals surface area contributed by atoms with E-state index < -0.39 is 0 Å². The fourth-order valence-corrected chi connectivity index (χ4v) is 3.27. The summed E-state index contributed by atoms with van der Waals surface area (Å²) in [5.74, 6) is 0.717. The number of nitrogens with zero attached hydrogens (tertiary/aromatic N) is 1. The molecule has 0 aliphatic heterocycles. The number of carbonyl (C=O) groups excluding carboxylic acids is 1. The molecule has 1 aliphatic carbocycles. The maximum atomic E-state index is 12.0. The van der Waals surface area contributed by atoms with Crippen LogP contribution in [-0.2, 0) is 4.79 Å². The average molecular weight is 407 g/mol. The van der Waals surface area contributed by atoms with Crippen LogP contribution in [0.1, 0.15) is 44.6 Å². The molecule has 0 unspecified atom stereocenters. The number of nitriles is 1. The molecule has 0 aromatic heterocycles. The molecule has 1 aliphatic rings. The number of halogens is 1. The van der Waals surface area contributed by atoms with Gasteiger partial charge in [-0.3, -0.25) is 4.79 Å². The Morgan fingerprint density at radius 2 is 2.20 bits per heavy atom. The molecule has 1 amide bonds. The Morgan fingerprint density at radius 3 is 2.88 bits per heavy atom. The molecule has 1 aromatic rings. The highest BCUT2D eigenvalue weighted by Gasteiger charge is 2.14. The van der Waals surface area contributed by atoms with E-state index in [-0.39, 0.29) is 12.5 Å². The minimum atomic E-state index is -0.171. The highest BCUT2D eigenvalue weighted by molar-refractivity contribution is 9.10. The van der Waals surface area contributed by atoms with E-state index >= 15 is 0 Å². The molecule has 0 bridgehead atoms. The van der Waals surface area contributed by atoms with Gasteiger partial charge in [0.1, 0.15) is 0 Å². The second-order valence-corrected chi connectivity index (χ2v) is 6.68. The number of allylic oxidation sites excluding steroid dienone is 1. The second-order valence-electron chi connectivity index (χ2n) is 5.83. The van der Waals surface area contributed by atoms with Gasteiger partial charge >= 0.3 is 0 Å². The van der Waals surface area contributed by atoms with Crippen molar-refractivity contribution < 1.29 is 14.3 Å². The van der Waals surface area contributed by atoms with Crippen LogP contribution in [0.4, 0.5) is 0 Å². The molecule has 0 heterocycles. The maximum absolute atomic E-state index is 12.0. The van der Waals surface area contributed by atoms with Gasteiger partial charge in [-0.1, -0.05) is 11.6 Å². The fourth-order valence-electron chi connectivity index (χ4n) is 2.72. The monoisotopic (exact) mass is 406 g/mol. The van der Waals surface area contributed by atoms with Gasteiger partial charge in [-0.05, 0) is 61.0 Å². The van der Waals surface area contributed by atoms with Gasteiger partial charge < -0.3 is 14.8 Å². The average Bonchev–Trinajstić information content (AvgIpc) is 2.62. The van der Waals surface area contributed by atoms with Crippen LogP contribution in [0.2, 0.25) is 0 Å². The predicted octanol–water partition coefficient (Wildman–Crippen LogP) is 4.10. The molecule has 1 aromatic carbocycles. The number of nitrogens with one attached hydrogen (secondary N) is 1. The SMILES string of the molecule is CCOc1cc(C#N)cc(Br)c1OCC(=O)NCCC1=CCCCC1. The Hall–Kier alpha value is -2.00. The normalized spacial score (nSPS) is 13.6. The van der Waals surface area contributed by atoms with Crippen molar-refractivity contribution in [1.29, 1.82) is 5.26 Å². The Kier molecular flexibility index (Phi) is 7.80. The summed E-state index contributed by atoms with van der Waals surface area (Å²) in [6.07, 6.45) is 7.99. The molecule has 0 spiro atoms. The molecule has 5 nitrogen and oxygen atoms in total. The van der Waals surface area contributed by atoms with Gasteiger partial charge in [0.05, 0.1) is 22.7 Å². The molecule has 0 atom stereocenters. The van der Waals surface area contributed by atoms with Crippen molar-refractivity contribution >= 4 is 21.8 Å². The number of ether oxygens (including phenoxy) is 2. The van der Waals surface area contributed by atoms with Gasteiger partial charge in [0.15, 0.2) is 18.1 Å². The molecule has 134 valence electrons. The van der Waals surface area contributed by atoms with Crippen molar-refractivity contribution in [2.75, 3.05) is 19.8 Å². The van der Waals surface area contributed by atoms with E-state index in [1.165, 1.54) is 18.4 Å². The number of hydrogen-bond donors (Lipinski definition) is 1. The zero-order valence-corrected chi connectivity index (χ0v) is 16.0. The molecule has 25 heavy (non-hydrogen) atoms. The molecule has 0 radical (unpaired) electrons. The summed E-state index contributed by atoms with van der Waals surface area (Å²) in [7, 11) is 0. The highest BCUT2D eigenvalue weighted by Crippen LogP contribution is 2.36. The molecule has 6 heteroatoms. The standard InChI is InChI=1S/C19H23BrN2O3/c1-2-24-17-11-15(12-21)10-16(20)19(17)25-13-18(23)22-9-8-14-6-4-3-5-7-14/h6,10-11H,2-5,7-9,13H2,1H3,(H,22,23). The first-order valence-corrected chi connectivity index (χ1v) is 9.37. The predicted molar refractivity (Wildman–Crippen MR) is 99.7 cm³/mol. The van der Waals surface area contributed by atoms with Crippen molar-refractivity contribution in [3.63, 3.8) is 0 Å². The summed E-state index contributed by atoms with van der Waals surface area (Å²) in [4.78, 5) is 12.0. The second kappa shape index (κ2) is 10.1. The Balaban J connectivity index is 1.86. The largest absolute Gasteiger partial charge is 0.490 e. The van der Waals surface area contributed by atoms with Crippen molar-refractivity contribution in [1.82, 2.24) is 5.32 Å². The van der Waals surface area contributed by atoms with Crippen molar-refractivity contribution in [3.8, 4) is 17.6 Å². The van der Waals surface area contributed by atoms with E-state index in [1.807, 2.05) is 6.92 Å². The molecular weight excluding hydrogens is 384 g/mol. The van der Waals surface area contributed by atoms with Gasteiger partial charge in [0.2, 0.25) is 0 Å². The number of rotatable bonds is 8. The van der Waals surface area contributed by atoms with E-state index in [2.05, 4.69) is 33.4 Å². The molecule has 2 rings (SSSR count). The van der Waals surface area contributed by atoms with E-state index in [0.29, 0.717) is 34.7 Å². The lowest BCUT2D eigenvalue weighted by molar-refractivity contribution is -0.123. The number of carbonyl (C=O) groups is 1. The summed E-state index contributed by atoms with van der Waals surface area (Å²) in [6, 6.07) is 5.32. The van der Waals surface area contributed by atoms with E-state index in [4.69, 9.17) is 14.7 Å². The van der Waals surface area contributed by atoms with Gasteiger partial charge in [-0.15, -0.1) is 0 Å². The van der Waals surface area contributed by atoms with Gasteiger partial charge in [0.25, 0.3) is 5.91 Å². The Labute approximate surface area is 157 Å². The summed E-state index contributed by atoms with van der Waals surface area (Å²) < 4.78 is 11.7. The summed E-state index contributed by atoms with van der Waals surface area (Å²) in [6.45, 7) is 2.83. The van der Waals surface area contributed by atoms with Crippen molar-refractivity contribution in [2.45, 2.75) is 39.0 Å². The van der Waals surface area contributed by atoms with Crippen LogP contribution >= 0.6 is 15.9 Å². The molecule has 1 N–H and O–H groups in total. The maximum Gasteiger partial charge on any atom is 0.257 e. The van der Waals surface area contributed by atoms with Crippen LogP contribution in [-0.4, -0.2) is 25.7 Å². The highest BCUT2D eigenvalue weighted by atomic mass is 79.9. The van der Waals surface area contributed by atoms with Crippen LogP contribution < -0.4 is 14.8 Å². The topological polar surface area (TPSA) is 71.3 Å².